The molecule has 0 fully saturated rings. The summed E-state index contributed by atoms with van der Waals surface area (Å²) in [4.78, 5) is 0. The first-order valence-electron chi connectivity index (χ1n) is 5.00. The quantitative estimate of drug-likeness (QED) is 0.335. The van der Waals surface area contributed by atoms with E-state index in [-0.39, 0.29) is 23.2 Å². The van der Waals surface area contributed by atoms with Crippen LogP contribution in [0.15, 0.2) is 0 Å². The zero-order valence-corrected chi connectivity index (χ0v) is 10.2. The molecule has 0 aliphatic heterocycles. The molecule has 2 atom stereocenters. The average molecular weight is 252 g/mol. The van der Waals surface area contributed by atoms with Crippen LogP contribution in [-0.2, 0) is 6.42 Å². The van der Waals surface area contributed by atoms with Crippen molar-refractivity contribution in [1.82, 2.24) is 0 Å². The molecule has 0 saturated carbocycles. The molecule has 0 heterocycles. The van der Waals surface area contributed by atoms with E-state index in [1.54, 1.807) is 0 Å². The molecule has 0 bridgehead atoms. The summed E-state index contributed by atoms with van der Waals surface area (Å²) in [6.07, 6.45) is 0.944. The monoisotopic (exact) mass is 252 g/mol. The van der Waals surface area contributed by atoms with Crippen LogP contribution in [0, 0.1) is 29.2 Å². The number of hydrogen-bond acceptors (Lipinski definition) is 0. The summed E-state index contributed by atoms with van der Waals surface area (Å²) < 4.78 is 52.4. The van der Waals surface area contributed by atoms with Crippen LogP contribution in [-0.4, -0.2) is 0 Å². The third kappa shape index (κ3) is 2.37. The van der Waals surface area contributed by atoms with Crippen LogP contribution in [0.25, 0.3) is 0 Å². The molecule has 0 amide bonds. The summed E-state index contributed by atoms with van der Waals surface area (Å²) >= 11 is 0. The number of benzene rings is 1. The second kappa shape index (κ2) is 5.13. The van der Waals surface area contributed by atoms with E-state index in [2.05, 4.69) is 0 Å². The molecule has 0 saturated heterocycles. The Morgan fingerprint density at radius 2 is 1.50 bits per heavy atom. The summed E-state index contributed by atoms with van der Waals surface area (Å²) in [5, 5.41) is -0.225. The number of rotatable bonds is 3. The molecule has 5 heteroatoms. The van der Waals surface area contributed by atoms with Crippen LogP contribution in [0.1, 0.15) is 25.8 Å². The summed E-state index contributed by atoms with van der Waals surface area (Å²) in [6, 6.07) is 0. The molecule has 0 aliphatic carbocycles. The Labute approximate surface area is 94.2 Å². The molecule has 0 radical (unpaired) electrons. The second-order valence-electron chi connectivity index (χ2n) is 3.87. The minimum Gasteiger partial charge on any atom is -0.203 e. The maximum Gasteiger partial charge on any atom is 0.198 e. The Bertz CT molecular complexity index is 374. The molecule has 1 rings (SSSR count). The van der Waals surface area contributed by atoms with Gasteiger partial charge in [-0.05, 0) is 12.3 Å². The third-order valence-electron chi connectivity index (χ3n) is 2.65. The van der Waals surface area contributed by atoms with E-state index in [4.69, 9.17) is 0 Å². The fraction of sp³-hybridized carbons (Fsp3) is 0.455. The fourth-order valence-corrected chi connectivity index (χ4v) is 1.76. The van der Waals surface area contributed by atoms with Crippen molar-refractivity contribution in [2.45, 2.75) is 26.7 Å². The molecule has 1 aromatic carbocycles. The smallest absolute Gasteiger partial charge is 0.198 e. The van der Waals surface area contributed by atoms with Crippen LogP contribution in [0.3, 0.4) is 0 Å². The highest BCUT2D eigenvalue weighted by Gasteiger charge is 2.23. The van der Waals surface area contributed by atoms with Crippen molar-refractivity contribution in [2.24, 2.45) is 5.92 Å². The zero-order valence-electron chi connectivity index (χ0n) is 9.08. The molecule has 2 unspecified atom stereocenters. The third-order valence-corrected chi connectivity index (χ3v) is 3.26. The van der Waals surface area contributed by atoms with Gasteiger partial charge in [0.05, 0.1) is 0 Å². The maximum atomic E-state index is 13.4. The van der Waals surface area contributed by atoms with Gasteiger partial charge < -0.3 is 0 Å². The molecule has 1 aromatic rings. The van der Waals surface area contributed by atoms with Crippen LogP contribution >= 0.6 is 9.24 Å². The van der Waals surface area contributed by atoms with E-state index in [0.717, 1.165) is 6.42 Å². The predicted molar refractivity (Wildman–Crippen MR) is 58.8 cm³/mol. The first-order valence-corrected chi connectivity index (χ1v) is 5.58. The van der Waals surface area contributed by atoms with E-state index in [1.807, 2.05) is 23.1 Å². The summed E-state index contributed by atoms with van der Waals surface area (Å²) in [7, 11) is 1.92. The van der Waals surface area contributed by atoms with Crippen LogP contribution < -0.4 is 5.30 Å². The molecule has 0 nitrogen and oxygen atoms in total. The highest BCUT2D eigenvalue weighted by Crippen LogP contribution is 2.22. The summed E-state index contributed by atoms with van der Waals surface area (Å²) in [6.45, 7) is 3.73. The predicted octanol–water partition coefficient (Wildman–Crippen LogP) is 3.33. The van der Waals surface area contributed by atoms with E-state index in [0.29, 0.717) is 0 Å². The van der Waals surface area contributed by atoms with Gasteiger partial charge in [-0.25, -0.2) is 17.6 Å². The lowest BCUT2D eigenvalue weighted by molar-refractivity contribution is 0.403. The first-order chi connectivity index (χ1) is 7.40. The topological polar surface area (TPSA) is 0 Å². The van der Waals surface area contributed by atoms with E-state index < -0.39 is 23.3 Å². The largest absolute Gasteiger partial charge is 0.203 e. The van der Waals surface area contributed by atoms with Gasteiger partial charge in [-0.3, -0.25) is 0 Å². The molecule has 0 spiro atoms. The average Bonchev–Trinajstić information content (AvgIpc) is 2.29. The van der Waals surface area contributed by atoms with Gasteiger partial charge in [0.1, 0.15) is 0 Å². The molecule has 90 valence electrons. The molecule has 0 N–H and O–H groups in total. The molecular weight excluding hydrogens is 239 g/mol. The van der Waals surface area contributed by atoms with Crippen LogP contribution in [0.5, 0.6) is 0 Å². The molecule has 16 heavy (non-hydrogen) atoms. The van der Waals surface area contributed by atoms with Gasteiger partial charge in [-0.2, -0.15) is 0 Å². The lowest BCUT2D eigenvalue weighted by Gasteiger charge is -2.13. The Hall–Kier alpha value is -0.630. The highest BCUT2D eigenvalue weighted by molar-refractivity contribution is 7.27. The van der Waals surface area contributed by atoms with Crippen molar-refractivity contribution < 1.29 is 17.6 Å². The van der Waals surface area contributed by atoms with Gasteiger partial charge in [0.15, 0.2) is 23.3 Å². The normalized spacial score (nSPS) is 12.9. The van der Waals surface area contributed by atoms with Gasteiger partial charge in [-0.1, -0.05) is 20.3 Å². The Kier molecular flexibility index (Phi) is 4.31. The van der Waals surface area contributed by atoms with Gasteiger partial charge in [0.25, 0.3) is 0 Å². The Morgan fingerprint density at radius 1 is 1.00 bits per heavy atom. The van der Waals surface area contributed by atoms with Crippen LogP contribution in [0.4, 0.5) is 17.6 Å². The lowest BCUT2D eigenvalue weighted by Crippen LogP contribution is -2.18. The van der Waals surface area contributed by atoms with Crippen LogP contribution in [0.2, 0.25) is 0 Å². The Balaban J connectivity index is 3.28. The lowest BCUT2D eigenvalue weighted by atomic mass is 9.98. The van der Waals surface area contributed by atoms with Gasteiger partial charge in [0.2, 0.25) is 0 Å². The Morgan fingerprint density at radius 3 is 2.00 bits per heavy atom. The minimum atomic E-state index is -1.75. The molecule has 0 aromatic heterocycles. The number of halogens is 4. The van der Waals surface area contributed by atoms with Gasteiger partial charge in [0, 0.05) is 10.9 Å². The van der Waals surface area contributed by atoms with Gasteiger partial charge in [-0.15, -0.1) is 9.24 Å². The minimum absolute atomic E-state index is 0.0815. The standard InChI is InChI=1S/C11H13F4P/c1-3-5(2)4-6-7(12)8(13)9(14)10(15)11(6)16/h5H,3-4,16H2,1-2H3. The second-order valence-corrected chi connectivity index (χ2v) is 4.44. The summed E-state index contributed by atoms with van der Waals surface area (Å²) in [5.74, 6) is -6.03. The SMILES string of the molecule is CCC(C)Cc1c(F)c(F)c(F)c(F)c1P. The molecule has 0 aliphatic rings. The fourth-order valence-electron chi connectivity index (χ4n) is 1.39. The summed E-state index contributed by atoms with van der Waals surface area (Å²) in [5.41, 5.74) is -0.101. The van der Waals surface area contributed by atoms with E-state index >= 15 is 0 Å². The van der Waals surface area contributed by atoms with Gasteiger partial charge >= 0.3 is 0 Å². The van der Waals surface area contributed by atoms with E-state index in [1.165, 1.54) is 0 Å². The van der Waals surface area contributed by atoms with Crippen molar-refractivity contribution >= 4 is 14.5 Å². The molecular formula is C11H13F4P. The highest BCUT2D eigenvalue weighted by atomic mass is 31.0. The van der Waals surface area contributed by atoms with Crippen molar-refractivity contribution in [1.29, 1.82) is 0 Å². The van der Waals surface area contributed by atoms with Crippen molar-refractivity contribution in [3.63, 3.8) is 0 Å². The maximum absolute atomic E-state index is 13.4. The van der Waals surface area contributed by atoms with Crippen molar-refractivity contribution in [3.05, 3.63) is 28.8 Å². The van der Waals surface area contributed by atoms with Crippen molar-refractivity contribution in [2.75, 3.05) is 0 Å². The first kappa shape index (κ1) is 13.4. The van der Waals surface area contributed by atoms with E-state index in [9.17, 15) is 17.6 Å². The number of hydrogen-bond donors (Lipinski definition) is 0. The van der Waals surface area contributed by atoms with Crippen molar-refractivity contribution in [3.8, 4) is 0 Å². The zero-order chi connectivity index (χ0) is 12.5.